The van der Waals surface area contributed by atoms with Gasteiger partial charge in [0, 0.05) is 6.54 Å². The van der Waals surface area contributed by atoms with E-state index in [-0.39, 0.29) is 0 Å². The normalized spacial score (nSPS) is 12.4. The third-order valence-electron chi connectivity index (χ3n) is 2.82. The molecule has 0 aromatic rings. The van der Waals surface area contributed by atoms with Gasteiger partial charge in [0.1, 0.15) is 0 Å². The third kappa shape index (κ3) is 7.80. The summed E-state index contributed by atoms with van der Waals surface area (Å²) in [5.74, 6) is 2.27. The van der Waals surface area contributed by atoms with Gasteiger partial charge in [0.15, 0.2) is 0 Å². The highest BCUT2D eigenvalue weighted by Crippen LogP contribution is 2.19. The van der Waals surface area contributed by atoms with Gasteiger partial charge < -0.3 is 10.1 Å². The van der Waals surface area contributed by atoms with Crippen LogP contribution >= 0.6 is 0 Å². The van der Waals surface area contributed by atoms with E-state index in [4.69, 9.17) is 4.74 Å². The number of ether oxygens (including phenoxy) is 1. The Balaban J connectivity index is 3.55. The molecule has 0 rings (SSSR count). The van der Waals surface area contributed by atoms with E-state index >= 15 is 0 Å². The molecule has 0 amide bonds. The van der Waals surface area contributed by atoms with E-state index < -0.39 is 0 Å². The first-order valence-electron chi connectivity index (χ1n) is 6.27. The highest BCUT2D eigenvalue weighted by Gasteiger charge is 2.16. The molecule has 0 bridgehead atoms. The number of hydrogen-bond acceptors (Lipinski definition) is 2. The van der Waals surface area contributed by atoms with Crippen LogP contribution in [0, 0.1) is 17.8 Å². The van der Waals surface area contributed by atoms with Gasteiger partial charge >= 0.3 is 0 Å². The summed E-state index contributed by atoms with van der Waals surface area (Å²) in [6.45, 7) is 16.3. The highest BCUT2D eigenvalue weighted by molar-refractivity contribution is 4.69. The first-order valence-corrected chi connectivity index (χ1v) is 6.27. The van der Waals surface area contributed by atoms with E-state index in [1.54, 1.807) is 0 Å². The van der Waals surface area contributed by atoms with Crippen molar-refractivity contribution in [1.29, 1.82) is 0 Å². The lowest BCUT2D eigenvalue weighted by molar-refractivity contribution is 0.0794. The predicted molar refractivity (Wildman–Crippen MR) is 67.1 cm³/mol. The summed E-state index contributed by atoms with van der Waals surface area (Å²) in [4.78, 5) is 0. The van der Waals surface area contributed by atoms with E-state index in [0.717, 1.165) is 37.5 Å². The molecule has 2 nitrogen and oxygen atoms in total. The molecule has 0 atom stereocenters. The molecule has 1 N–H and O–H groups in total. The summed E-state index contributed by atoms with van der Waals surface area (Å²) in [6.07, 6.45) is 0.345. The number of rotatable bonds is 8. The van der Waals surface area contributed by atoms with Crippen molar-refractivity contribution >= 4 is 0 Å². The molecule has 0 fully saturated rings. The molecule has 0 radical (unpaired) electrons. The molecule has 0 unspecified atom stereocenters. The predicted octanol–water partition coefficient (Wildman–Crippen LogP) is 2.93. The van der Waals surface area contributed by atoms with Crippen LogP contribution in [0.4, 0.5) is 0 Å². The maximum atomic E-state index is 5.48. The quantitative estimate of drug-likeness (QED) is 0.629. The second-order valence-electron chi connectivity index (χ2n) is 5.28. The van der Waals surface area contributed by atoms with Gasteiger partial charge in [0.05, 0.1) is 12.7 Å². The van der Waals surface area contributed by atoms with Crippen LogP contribution in [-0.2, 0) is 4.74 Å². The van der Waals surface area contributed by atoms with Crippen molar-refractivity contribution in [3.05, 3.63) is 0 Å². The van der Waals surface area contributed by atoms with Gasteiger partial charge in [-0.2, -0.15) is 0 Å². The summed E-state index contributed by atoms with van der Waals surface area (Å²) >= 11 is 0. The minimum Gasteiger partial charge on any atom is -0.377 e. The lowest BCUT2D eigenvalue weighted by atomic mass is 9.85. The van der Waals surface area contributed by atoms with Crippen molar-refractivity contribution in [2.24, 2.45) is 17.8 Å². The molecule has 0 saturated heterocycles. The van der Waals surface area contributed by atoms with Crippen LogP contribution < -0.4 is 5.32 Å². The molecule has 15 heavy (non-hydrogen) atoms. The fraction of sp³-hybridized carbons (Fsp3) is 1.00. The molecule has 0 saturated carbocycles. The van der Waals surface area contributed by atoms with E-state index in [2.05, 4.69) is 46.9 Å². The van der Waals surface area contributed by atoms with Crippen LogP contribution in [0.3, 0.4) is 0 Å². The van der Waals surface area contributed by atoms with E-state index in [9.17, 15) is 0 Å². The Bertz CT molecular complexity index is 135. The SMILES string of the molecule is CC(C)OCCNCC(C(C)C)C(C)C. The fourth-order valence-electron chi connectivity index (χ4n) is 1.88. The summed E-state index contributed by atoms with van der Waals surface area (Å²) in [5, 5.41) is 3.48. The topological polar surface area (TPSA) is 21.3 Å². The molecule has 2 heteroatoms. The standard InChI is InChI=1S/C13H29NO/c1-10(2)13(11(3)4)9-14-7-8-15-12(5)6/h10-14H,7-9H2,1-6H3. The van der Waals surface area contributed by atoms with Gasteiger partial charge in [-0.25, -0.2) is 0 Å². The largest absolute Gasteiger partial charge is 0.377 e. The number of nitrogens with one attached hydrogen (secondary N) is 1. The second-order valence-corrected chi connectivity index (χ2v) is 5.28. The van der Waals surface area contributed by atoms with Crippen LogP contribution in [-0.4, -0.2) is 25.8 Å². The third-order valence-corrected chi connectivity index (χ3v) is 2.82. The molecular weight excluding hydrogens is 186 g/mol. The van der Waals surface area contributed by atoms with Gasteiger partial charge in [-0.05, 0) is 38.1 Å². The Hall–Kier alpha value is -0.0800. The first kappa shape index (κ1) is 14.9. The van der Waals surface area contributed by atoms with Gasteiger partial charge in [-0.15, -0.1) is 0 Å². The number of hydrogen-bond donors (Lipinski definition) is 1. The fourth-order valence-corrected chi connectivity index (χ4v) is 1.88. The lowest BCUT2D eigenvalue weighted by Crippen LogP contribution is -2.32. The van der Waals surface area contributed by atoms with Crippen LogP contribution in [0.25, 0.3) is 0 Å². The highest BCUT2D eigenvalue weighted by atomic mass is 16.5. The van der Waals surface area contributed by atoms with Crippen molar-refractivity contribution < 1.29 is 4.74 Å². The van der Waals surface area contributed by atoms with Crippen molar-refractivity contribution in [3.63, 3.8) is 0 Å². The van der Waals surface area contributed by atoms with Crippen molar-refractivity contribution in [2.75, 3.05) is 19.7 Å². The van der Waals surface area contributed by atoms with Gasteiger partial charge in [-0.3, -0.25) is 0 Å². The van der Waals surface area contributed by atoms with Gasteiger partial charge in [-0.1, -0.05) is 27.7 Å². The van der Waals surface area contributed by atoms with Crippen molar-refractivity contribution in [1.82, 2.24) is 5.32 Å². The molecular formula is C13H29NO. The Kier molecular flexibility index (Phi) is 8.07. The Labute approximate surface area is 95.8 Å². The zero-order valence-corrected chi connectivity index (χ0v) is 11.3. The van der Waals surface area contributed by atoms with Crippen LogP contribution in [0.15, 0.2) is 0 Å². The molecule has 0 spiro atoms. The summed E-state index contributed by atoms with van der Waals surface area (Å²) in [7, 11) is 0. The average molecular weight is 215 g/mol. The maximum absolute atomic E-state index is 5.48. The summed E-state index contributed by atoms with van der Waals surface area (Å²) < 4.78 is 5.48. The lowest BCUT2D eigenvalue weighted by Gasteiger charge is -2.25. The van der Waals surface area contributed by atoms with E-state index in [1.807, 2.05) is 0 Å². The maximum Gasteiger partial charge on any atom is 0.0594 e. The molecule has 92 valence electrons. The average Bonchev–Trinajstić information content (AvgIpc) is 2.08. The van der Waals surface area contributed by atoms with Crippen LogP contribution in [0.1, 0.15) is 41.5 Å². The second kappa shape index (κ2) is 8.12. The van der Waals surface area contributed by atoms with Crippen molar-refractivity contribution in [3.8, 4) is 0 Å². The Morgan fingerprint density at radius 1 is 0.933 bits per heavy atom. The Morgan fingerprint density at radius 2 is 1.47 bits per heavy atom. The van der Waals surface area contributed by atoms with Crippen LogP contribution in [0.2, 0.25) is 0 Å². The minimum atomic E-state index is 0.345. The van der Waals surface area contributed by atoms with E-state index in [1.165, 1.54) is 0 Å². The molecule has 0 aromatic carbocycles. The smallest absolute Gasteiger partial charge is 0.0594 e. The zero-order chi connectivity index (χ0) is 11.8. The summed E-state index contributed by atoms with van der Waals surface area (Å²) in [6, 6.07) is 0. The molecule has 0 aliphatic carbocycles. The zero-order valence-electron chi connectivity index (χ0n) is 11.3. The molecule has 0 aliphatic heterocycles. The Morgan fingerprint density at radius 3 is 1.87 bits per heavy atom. The van der Waals surface area contributed by atoms with Crippen LogP contribution in [0.5, 0.6) is 0 Å². The van der Waals surface area contributed by atoms with Crippen molar-refractivity contribution in [2.45, 2.75) is 47.6 Å². The molecule has 0 heterocycles. The van der Waals surface area contributed by atoms with E-state index in [0.29, 0.717) is 6.10 Å². The molecule has 0 aliphatic rings. The van der Waals surface area contributed by atoms with Gasteiger partial charge in [0.2, 0.25) is 0 Å². The monoisotopic (exact) mass is 215 g/mol. The minimum absolute atomic E-state index is 0.345. The molecule has 0 aromatic heterocycles. The summed E-state index contributed by atoms with van der Waals surface area (Å²) in [5.41, 5.74) is 0. The van der Waals surface area contributed by atoms with Gasteiger partial charge in [0.25, 0.3) is 0 Å². The first-order chi connectivity index (χ1) is 6.95.